The Hall–Kier alpha value is -5.30. The third-order valence-electron chi connectivity index (χ3n) is 6.45. The lowest BCUT2D eigenvalue weighted by molar-refractivity contribution is 0.685. The molecule has 0 N–H and O–H groups in total. The van der Waals surface area contributed by atoms with Crippen molar-refractivity contribution in [3.8, 4) is 12.1 Å². The fourth-order valence-corrected chi connectivity index (χ4v) is 4.72. The van der Waals surface area contributed by atoms with Crippen LogP contribution in [0.2, 0.25) is 0 Å². The van der Waals surface area contributed by atoms with E-state index < -0.39 is 0 Å². The number of anilines is 2. The van der Waals surface area contributed by atoms with Gasteiger partial charge < -0.3 is 0 Å². The Morgan fingerprint density at radius 1 is 0.500 bits per heavy atom. The van der Waals surface area contributed by atoms with Gasteiger partial charge in [-0.3, -0.25) is 10.0 Å². The molecule has 0 aliphatic rings. The molecule has 44 heavy (non-hydrogen) atoms. The lowest BCUT2D eigenvalue weighted by Gasteiger charge is -2.25. The zero-order valence-corrected chi connectivity index (χ0v) is 26.4. The van der Waals surface area contributed by atoms with Crippen LogP contribution in [0.4, 0.5) is 11.4 Å². The van der Waals surface area contributed by atoms with Gasteiger partial charge >= 0.3 is 0 Å². The Morgan fingerprint density at radius 3 is 1.11 bits per heavy atom. The van der Waals surface area contributed by atoms with Crippen LogP contribution in [0, 0.1) is 22.7 Å². The molecule has 0 spiro atoms. The topological polar surface area (TPSA) is 115 Å². The maximum atomic E-state index is 8.92. The standard InChI is InChI=1S/2C16H12BrN5/c2*17-15-5-1-14(2-6-15)10-22(21-11-19-20-12-21)16-7-3-13(9-18)4-8-16/h2*1-8,11-12H,10H2. The first-order chi connectivity index (χ1) is 21.5. The maximum absolute atomic E-state index is 8.92. The average Bonchev–Trinajstić information content (AvgIpc) is 3.81. The molecule has 0 aliphatic heterocycles. The Morgan fingerprint density at radius 2 is 0.818 bits per heavy atom. The Bertz CT molecular complexity index is 1690. The molecule has 0 aliphatic carbocycles. The van der Waals surface area contributed by atoms with Crippen LogP contribution in [0.15, 0.2) is 131 Å². The van der Waals surface area contributed by atoms with Crippen LogP contribution in [-0.2, 0) is 13.1 Å². The lowest BCUT2D eigenvalue weighted by atomic mass is 10.2. The van der Waals surface area contributed by atoms with E-state index in [4.69, 9.17) is 10.5 Å². The molecule has 10 nitrogen and oxygen atoms in total. The van der Waals surface area contributed by atoms with Crippen molar-refractivity contribution in [3.63, 3.8) is 0 Å². The van der Waals surface area contributed by atoms with Gasteiger partial charge in [-0.1, -0.05) is 56.1 Å². The first-order valence-electron chi connectivity index (χ1n) is 13.3. The van der Waals surface area contributed by atoms with Crippen molar-refractivity contribution in [2.75, 3.05) is 10.0 Å². The quantitative estimate of drug-likeness (QED) is 0.170. The van der Waals surface area contributed by atoms with Crippen molar-refractivity contribution in [2.45, 2.75) is 13.1 Å². The van der Waals surface area contributed by atoms with Crippen molar-refractivity contribution in [1.82, 2.24) is 29.7 Å². The molecule has 0 fully saturated rings. The molecule has 6 rings (SSSR count). The van der Waals surface area contributed by atoms with Gasteiger partial charge in [-0.25, -0.2) is 9.35 Å². The van der Waals surface area contributed by atoms with Crippen molar-refractivity contribution in [3.05, 3.63) is 154 Å². The zero-order chi connectivity index (χ0) is 30.7. The number of benzene rings is 4. The van der Waals surface area contributed by atoms with Crippen LogP contribution >= 0.6 is 31.9 Å². The number of nitrogens with zero attached hydrogens (tertiary/aromatic N) is 10. The highest BCUT2D eigenvalue weighted by molar-refractivity contribution is 9.10. The van der Waals surface area contributed by atoms with Gasteiger partial charge in [0, 0.05) is 8.95 Å². The van der Waals surface area contributed by atoms with Crippen LogP contribution < -0.4 is 10.0 Å². The normalized spacial score (nSPS) is 10.2. The van der Waals surface area contributed by atoms with Crippen molar-refractivity contribution >= 4 is 43.2 Å². The first-order valence-corrected chi connectivity index (χ1v) is 14.8. The minimum absolute atomic E-state index is 0.635. The summed E-state index contributed by atoms with van der Waals surface area (Å²) in [6.07, 6.45) is 6.60. The number of rotatable bonds is 8. The van der Waals surface area contributed by atoms with Gasteiger partial charge in [-0.2, -0.15) is 10.5 Å². The molecule has 4 aromatic carbocycles. The van der Waals surface area contributed by atoms with Gasteiger partial charge in [-0.15, -0.1) is 20.4 Å². The monoisotopic (exact) mass is 706 g/mol. The number of halogens is 2. The Labute approximate surface area is 271 Å². The summed E-state index contributed by atoms with van der Waals surface area (Å²) in [5, 5.41) is 37.4. The summed E-state index contributed by atoms with van der Waals surface area (Å²) in [5.41, 5.74) is 5.50. The van der Waals surface area contributed by atoms with Crippen LogP contribution in [-0.4, -0.2) is 29.7 Å². The van der Waals surface area contributed by atoms with Gasteiger partial charge in [-0.05, 0) is 83.9 Å². The van der Waals surface area contributed by atoms with Crippen LogP contribution in [0.25, 0.3) is 0 Å². The highest BCUT2D eigenvalue weighted by Crippen LogP contribution is 2.21. The Balaban J connectivity index is 0.000000175. The molecule has 0 bridgehead atoms. The molecular formula is C32H24Br2N10. The number of hydrogen-bond donors (Lipinski definition) is 0. The molecule has 2 aromatic heterocycles. The molecule has 0 saturated heterocycles. The third kappa shape index (κ3) is 7.95. The maximum Gasteiger partial charge on any atom is 0.139 e. The van der Waals surface area contributed by atoms with E-state index in [1.54, 1.807) is 49.6 Å². The summed E-state index contributed by atoms with van der Waals surface area (Å²) in [4.78, 5) is 0. The fraction of sp³-hybridized carbons (Fsp3) is 0.0625. The van der Waals surface area contributed by atoms with E-state index in [1.165, 1.54) is 0 Å². The summed E-state index contributed by atoms with van der Waals surface area (Å²) in [7, 11) is 0. The molecule has 216 valence electrons. The molecule has 0 unspecified atom stereocenters. The van der Waals surface area contributed by atoms with Crippen LogP contribution in [0.3, 0.4) is 0 Å². The summed E-state index contributed by atoms with van der Waals surface area (Å²) in [6, 6.07) is 35.4. The van der Waals surface area contributed by atoms with Crippen molar-refractivity contribution < 1.29 is 0 Å². The largest absolute Gasteiger partial charge is 0.274 e. The van der Waals surface area contributed by atoms with E-state index in [2.05, 4.69) is 88.7 Å². The van der Waals surface area contributed by atoms with Crippen LogP contribution in [0.1, 0.15) is 22.3 Å². The molecule has 12 heteroatoms. The molecule has 2 heterocycles. The summed E-state index contributed by atoms with van der Waals surface area (Å²) >= 11 is 6.88. The molecular weight excluding hydrogens is 684 g/mol. The lowest BCUT2D eigenvalue weighted by Crippen LogP contribution is -2.27. The highest BCUT2D eigenvalue weighted by atomic mass is 79.9. The number of nitriles is 2. The number of hydrogen-bond acceptors (Lipinski definition) is 8. The van der Waals surface area contributed by atoms with E-state index >= 15 is 0 Å². The molecule has 0 amide bonds. The highest BCUT2D eigenvalue weighted by Gasteiger charge is 2.11. The van der Waals surface area contributed by atoms with E-state index in [0.29, 0.717) is 24.2 Å². The van der Waals surface area contributed by atoms with E-state index in [-0.39, 0.29) is 0 Å². The summed E-state index contributed by atoms with van der Waals surface area (Å²) in [6.45, 7) is 1.33. The third-order valence-corrected chi connectivity index (χ3v) is 7.51. The Kier molecular flexibility index (Phi) is 10.1. The molecule has 6 aromatic rings. The SMILES string of the molecule is N#Cc1ccc(N(Cc2ccc(Br)cc2)n2cnnc2)cc1.N#Cc1ccc(N(Cc2ccc(Br)cc2)n2cnnc2)cc1. The second kappa shape index (κ2) is 14.7. The van der Waals surface area contributed by atoms with E-state index in [0.717, 1.165) is 31.4 Å². The minimum atomic E-state index is 0.635. The average molecular weight is 708 g/mol. The van der Waals surface area contributed by atoms with Gasteiger partial charge in [0.2, 0.25) is 0 Å². The second-order valence-electron chi connectivity index (χ2n) is 9.37. The molecule has 0 radical (unpaired) electrons. The van der Waals surface area contributed by atoms with Gasteiger partial charge in [0.1, 0.15) is 25.3 Å². The van der Waals surface area contributed by atoms with Gasteiger partial charge in [0.25, 0.3) is 0 Å². The summed E-state index contributed by atoms with van der Waals surface area (Å²) in [5.74, 6) is 0. The van der Waals surface area contributed by atoms with E-state index in [1.807, 2.05) is 67.9 Å². The smallest absolute Gasteiger partial charge is 0.139 e. The van der Waals surface area contributed by atoms with Gasteiger partial charge in [0.05, 0.1) is 47.7 Å². The molecule has 0 atom stereocenters. The predicted octanol–water partition coefficient (Wildman–Crippen LogP) is 6.76. The second-order valence-corrected chi connectivity index (χ2v) is 11.2. The zero-order valence-electron chi connectivity index (χ0n) is 23.2. The minimum Gasteiger partial charge on any atom is -0.274 e. The first kappa shape index (κ1) is 30.2. The molecule has 0 saturated carbocycles. The van der Waals surface area contributed by atoms with Crippen molar-refractivity contribution in [1.29, 1.82) is 10.5 Å². The fourth-order valence-electron chi connectivity index (χ4n) is 4.19. The number of aromatic nitrogens is 6. The van der Waals surface area contributed by atoms with Gasteiger partial charge in [0.15, 0.2) is 0 Å². The summed E-state index contributed by atoms with van der Waals surface area (Å²) < 4.78 is 5.74. The van der Waals surface area contributed by atoms with Crippen molar-refractivity contribution in [2.24, 2.45) is 0 Å². The van der Waals surface area contributed by atoms with E-state index in [9.17, 15) is 0 Å². The van der Waals surface area contributed by atoms with Crippen LogP contribution in [0.5, 0.6) is 0 Å². The predicted molar refractivity (Wildman–Crippen MR) is 174 cm³/mol.